The van der Waals surface area contributed by atoms with Crippen LogP contribution in [0.3, 0.4) is 0 Å². The third kappa shape index (κ3) is 3.35. The number of hydrogen-bond acceptors (Lipinski definition) is 1. The van der Waals surface area contributed by atoms with Crippen molar-refractivity contribution in [2.24, 2.45) is 11.8 Å². The lowest BCUT2D eigenvalue weighted by Crippen LogP contribution is -2.64. The molecule has 0 aromatic heterocycles. The van der Waals surface area contributed by atoms with Crippen molar-refractivity contribution in [3.63, 3.8) is 0 Å². The maximum Gasteiger partial charge on any atom is 0.161 e. The Balaban J connectivity index is 2.08. The molecule has 3 rings (SSSR count). The van der Waals surface area contributed by atoms with Crippen LogP contribution in [0.1, 0.15) is 34.1 Å². The molecule has 1 nitrogen and oxygen atoms in total. The first kappa shape index (κ1) is 18.8. The summed E-state index contributed by atoms with van der Waals surface area (Å²) in [6.07, 6.45) is 1.02. The third-order valence-electron chi connectivity index (χ3n) is 6.06. The number of benzene rings is 2. The van der Waals surface area contributed by atoms with Gasteiger partial charge in [0, 0.05) is 5.92 Å². The van der Waals surface area contributed by atoms with E-state index in [1.54, 1.807) is 0 Å². The highest BCUT2D eigenvalue weighted by molar-refractivity contribution is 7.04. The molecule has 1 aliphatic carbocycles. The van der Waals surface area contributed by atoms with Crippen molar-refractivity contribution in [3.8, 4) is 0 Å². The van der Waals surface area contributed by atoms with Crippen LogP contribution in [0.25, 0.3) is 0 Å². The van der Waals surface area contributed by atoms with Gasteiger partial charge in [-0.1, -0.05) is 98.4 Å². The topological polar surface area (TPSA) is 17.1 Å². The van der Waals surface area contributed by atoms with E-state index in [9.17, 15) is 4.79 Å². The molecule has 0 saturated heterocycles. The Hall–Kier alpha value is -1.93. The van der Waals surface area contributed by atoms with Gasteiger partial charge in [0.2, 0.25) is 0 Å². The summed E-state index contributed by atoms with van der Waals surface area (Å²) >= 11 is 0. The van der Waals surface area contributed by atoms with E-state index < -0.39 is 8.07 Å². The van der Waals surface area contributed by atoms with Gasteiger partial charge in [-0.25, -0.2) is 0 Å². The Morgan fingerprint density at radius 3 is 1.85 bits per heavy atom. The second-order valence-corrected chi connectivity index (χ2v) is 13.7. The number of carbonyl (C=O) groups excluding carboxylic acids is 1. The molecule has 2 aromatic carbocycles. The smallest absolute Gasteiger partial charge is 0.161 e. The van der Waals surface area contributed by atoms with Crippen LogP contribution in [0.5, 0.6) is 0 Å². The van der Waals surface area contributed by atoms with Crippen LogP contribution in [-0.4, -0.2) is 13.9 Å². The molecular weight excluding hydrogens is 332 g/mol. The molecule has 0 bridgehead atoms. The van der Waals surface area contributed by atoms with Crippen LogP contribution in [0.4, 0.5) is 0 Å². The summed E-state index contributed by atoms with van der Waals surface area (Å²) in [4.78, 5) is 12.4. The predicted molar refractivity (Wildman–Crippen MR) is 114 cm³/mol. The SMILES string of the molecule is C=C(C)C(=O)[C@H]1C[C@@H]1C[Si](c1ccccc1)(c1ccccc1)C(C)(C)C. The summed E-state index contributed by atoms with van der Waals surface area (Å²) in [5.41, 5.74) is 0.708. The summed E-state index contributed by atoms with van der Waals surface area (Å²) in [7, 11) is -2.05. The van der Waals surface area contributed by atoms with Gasteiger partial charge in [0.15, 0.2) is 5.78 Å². The Labute approximate surface area is 159 Å². The number of carbonyl (C=O) groups is 1. The quantitative estimate of drug-likeness (QED) is 0.531. The molecule has 2 heteroatoms. The fourth-order valence-electron chi connectivity index (χ4n) is 4.52. The van der Waals surface area contributed by atoms with E-state index in [1.165, 1.54) is 10.4 Å². The summed E-state index contributed by atoms with van der Waals surface area (Å²) in [5.74, 6) is 0.951. The van der Waals surface area contributed by atoms with Gasteiger partial charge in [-0.15, -0.1) is 0 Å². The van der Waals surface area contributed by atoms with Crippen LogP contribution in [0, 0.1) is 11.8 Å². The van der Waals surface area contributed by atoms with Crippen molar-refractivity contribution in [3.05, 3.63) is 72.8 Å². The van der Waals surface area contributed by atoms with Gasteiger partial charge < -0.3 is 0 Å². The maximum absolute atomic E-state index is 12.4. The lowest BCUT2D eigenvalue weighted by molar-refractivity contribution is -0.116. The molecule has 0 unspecified atom stereocenters. The molecule has 26 heavy (non-hydrogen) atoms. The second-order valence-electron chi connectivity index (χ2n) is 8.84. The molecule has 1 aliphatic rings. The number of ketones is 1. The molecule has 1 fully saturated rings. The maximum atomic E-state index is 12.4. The molecule has 0 N–H and O–H groups in total. The van der Waals surface area contributed by atoms with Crippen LogP contribution in [0.2, 0.25) is 11.1 Å². The second kappa shape index (κ2) is 7.00. The zero-order chi connectivity index (χ0) is 18.9. The normalized spacial score (nSPS) is 19.8. The van der Waals surface area contributed by atoms with Crippen LogP contribution in [-0.2, 0) is 4.79 Å². The van der Waals surface area contributed by atoms with E-state index in [0.29, 0.717) is 11.5 Å². The monoisotopic (exact) mass is 362 g/mol. The summed E-state index contributed by atoms with van der Waals surface area (Å²) in [6, 6.07) is 23.2. The molecule has 0 radical (unpaired) electrons. The van der Waals surface area contributed by atoms with Crippen LogP contribution >= 0.6 is 0 Å². The van der Waals surface area contributed by atoms with Crippen molar-refractivity contribution in [1.82, 2.24) is 0 Å². The number of Topliss-reactive ketones (excluding diaryl/α,β-unsaturated/α-hetero) is 1. The molecule has 2 aromatic rings. The van der Waals surface area contributed by atoms with Crippen LogP contribution in [0.15, 0.2) is 72.8 Å². The highest BCUT2D eigenvalue weighted by Gasteiger charge is 2.54. The van der Waals surface area contributed by atoms with Gasteiger partial charge in [0.05, 0.1) is 0 Å². The average Bonchev–Trinajstić information content (AvgIpc) is 3.38. The summed E-state index contributed by atoms with van der Waals surface area (Å²) in [6.45, 7) is 12.9. The van der Waals surface area contributed by atoms with E-state index in [1.807, 2.05) is 6.92 Å². The Morgan fingerprint density at radius 2 is 1.46 bits per heavy atom. The minimum absolute atomic E-state index is 0.162. The van der Waals surface area contributed by atoms with Crippen molar-refractivity contribution in [1.29, 1.82) is 0 Å². The minimum atomic E-state index is -2.05. The Morgan fingerprint density at radius 1 is 1.00 bits per heavy atom. The molecule has 0 amide bonds. The molecule has 2 atom stereocenters. The van der Waals surface area contributed by atoms with Gasteiger partial charge in [-0.05, 0) is 35.9 Å². The standard InChI is InChI=1S/C24H30OSi/c1-18(2)23(25)22-16-19(22)17-26(24(3,4)5,20-12-8-6-9-13-20)21-14-10-7-11-15-21/h6-15,19,22H,1,16-17H2,2-5H3/t19-,22+/m1/s1. The lowest BCUT2D eigenvalue weighted by Gasteiger charge is -2.44. The largest absolute Gasteiger partial charge is 0.294 e. The van der Waals surface area contributed by atoms with Gasteiger partial charge in [-0.3, -0.25) is 4.79 Å². The lowest BCUT2D eigenvalue weighted by atomic mass is 10.1. The van der Waals surface area contributed by atoms with Crippen molar-refractivity contribution < 1.29 is 4.79 Å². The van der Waals surface area contributed by atoms with Gasteiger partial charge in [0.25, 0.3) is 0 Å². The highest BCUT2D eigenvalue weighted by atomic mass is 28.3. The molecular formula is C24H30OSi. The van der Waals surface area contributed by atoms with Crippen molar-refractivity contribution in [2.75, 3.05) is 0 Å². The number of allylic oxidation sites excluding steroid dienone is 1. The van der Waals surface area contributed by atoms with Gasteiger partial charge in [0.1, 0.15) is 8.07 Å². The molecule has 1 saturated carbocycles. The van der Waals surface area contributed by atoms with E-state index in [4.69, 9.17) is 0 Å². The van der Waals surface area contributed by atoms with E-state index in [-0.39, 0.29) is 16.7 Å². The van der Waals surface area contributed by atoms with E-state index in [2.05, 4.69) is 88.0 Å². The molecule has 0 spiro atoms. The zero-order valence-electron chi connectivity index (χ0n) is 16.5. The van der Waals surface area contributed by atoms with Crippen LogP contribution < -0.4 is 10.4 Å². The number of rotatable bonds is 6. The minimum Gasteiger partial charge on any atom is -0.294 e. The molecule has 0 aliphatic heterocycles. The Bertz CT molecular complexity index is 746. The van der Waals surface area contributed by atoms with E-state index >= 15 is 0 Å². The zero-order valence-corrected chi connectivity index (χ0v) is 17.5. The first-order valence-corrected chi connectivity index (χ1v) is 11.8. The molecule has 136 valence electrons. The Kier molecular flexibility index (Phi) is 5.07. The average molecular weight is 363 g/mol. The van der Waals surface area contributed by atoms with Gasteiger partial charge in [-0.2, -0.15) is 0 Å². The molecule has 0 heterocycles. The summed E-state index contributed by atoms with van der Waals surface area (Å²) < 4.78 is 0. The predicted octanol–water partition coefficient (Wildman–Crippen LogP) is 4.83. The fraction of sp³-hybridized carbons (Fsp3) is 0.375. The first-order chi connectivity index (χ1) is 12.3. The highest BCUT2D eigenvalue weighted by Crippen LogP contribution is 2.50. The van der Waals surface area contributed by atoms with E-state index in [0.717, 1.165) is 12.5 Å². The van der Waals surface area contributed by atoms with Gasteiger partial charge >= 0.3 is 0 Å². The third-order valence-corrected chi connectivity index (χ3v) is 12.4. The first-order valence-electron chi connectivity index (χ1n) is 9.58. The fourth-order valence-corrected chi connectivity index (χ4v) is 10.4. The van der Waals surface area contributed by atoms with Crippen molar-refractivity contribution >= 4 is 24.2 Å². The van der Waals surface area contributed by atoms with Crippen molar-refractivity contribution in [2.45, 2.75) is 45.2 Å². The number of hydrogen-bond donors (Lipinski definition) is 0. The summed E-state index contributed by atoms with van der Waals surface area (Å²) in [5, 5.41) is 3.12.